The van der Waals surface area contributed by atoms with Crippen LogP contribution in [0.4, 0.5) is 4.79 Å². The molecule has 2 amide bonds. The second-order valence-electron chi connectivity index (χ2n) is 5.46. The molecule has 2 aliphatic heterocycles. The molecule has 1 aromatic rings. The Morgan fingerprint density at radius 1 is 1.36 bits per heavy atom. The third kappa shape index (κ3) is 2.49. The molecule has 3 rings (SSSR count). The first-order valence-corrected chi connectivity index (χ1v) is 6.97. The van der Waals surface area contributed by atoms with Gasteiger partial charge in [-0.25, -0.2) is 9.59 Å². The zero-order valence-electron chi connectivity index (χ0n) is 12.1. The molecular formula is C13H16N4O5. The van der Waals surface area contributed by atoms with Gasteiger partial charge in [0.15, 0.2) is 0 Å². The second-order valence-corrected chi connectivity index (χ2v) is 5.46. The molecule has 0 saturated carbocycles. The van der Waals surface area contributed by atoms with Gasteiger partial charge in [-0.05, 0) is 6.92 Å². The predicted octanol–water partition coefficient (Wildman–Crippen LogP) is -1.49. The maximum atomic E-state index is 12.3. The van der Waals surface area contributed by atoms with E-state index in [-0.39, 0.29) is 31.2 Å². The van der Waals surface area contributed by atoms with Crippen molar-refractivity contribution < 1.29 is 14.3 Å². The van der Waals surface area contributed by atoms with Crippen LogP contribution in [0.15, 0.2) is 15.8 Å². The highest BCUT2D eigenvalue weighted by atomic mass is 16.6. The summed E-state index contributed by atoms with van der Waals surface area (Å²) in [6, 6.07) is -0.126. The smallest absolute Gasteiger partial charge is 0.410 e. The Balaban J connectivity index is 1.71. The Morgan fingerprint density at radius 3 is 2.91 bits per heavy atom. The molecule has 0 aromatic carbocycles. The van der Waals surface area contributed by atoms with Crippen LogP contribution in [-0.4, -0.2) is 63.6 Å². The maximum absolute atomic E-state index is 12.3. The first-order valence-electron chi connectivity index (χ1n) is 6.97. The number of ether oxygens (including phenoxy) is 1. The number of H-pyrrole nitrogens is 1. The quantitative estimate of drug-likeness (QED) is 0.716. The van der Waals surface area contributed by atoms with Gasteiger partial charge in [0.1, 0.15) is 13.2 Å². The van der Waals surface area contributed by atoms with Crippen LogP contribution in [0, 0.1) is 6.92 Å². The molecule has 3 heterocycles. The van der Waals surface area contributed by atoms with Gasteiger partial charge in [0.05, 0.1) is 6.04 Å². The second kappa shape index (κ2) is 5.32. The van der Waals surface area contributed by atoms with E-state index in [0.29, 0.717) is 25.2 Å². The lowest BCUT2D eigenvalue weighted by atomic mass is 10.2. The summed E-state index contributed by atoms with van der Waals surface area (Å²) < 4.78 is 6.13. The van der Waals surface area contributed by atoms with Gasteiger partial charge in [0.2, 0.25) is 5.91 Å². The Bertz CT molecular complexity index is 737. The molecule has 22 heavy (non-hydrogen) atoms. The van der Waals surface area contributed by atoms with E-state index in [1.54, 1.807) is 16.7 Å². The van der Waals surface area contributed by atoms with E-state index in [9.17, 15) is 19.2 Å². The summed E-state index contributed by atoms with van der Waals surface area (Å²) in [6.07, 6.45) is 1.03. The molecule has 1 unspecified atom stereocenters. The number of nitrogens with zero attached hydrogens (tertiary/aromatic N) is 3. The van der Waals surface area contributed by atoms with Gasteiger partial charge >= 0.3 is 11.8 Å². The summed E-state index contributed by atoms with van der Waals surface area (Å²) in [5.41, 5.74) is -0.696. The Morgan fingerprint density at radius 2 is 2.14 bits per heavy atom. The van der Waals surface area contributed by atoms with Gasteiger partial charge in [-0.3, -0.25) is 24.0 Å². The largest absolute Gasteiger partial charge is 0.447 e. The number of aryl methyl sites for hydroxylation is 1. The number of nitrogens with one attached hydrogen (secondary N) is 1. The number of hydrogen-bond acceptors (Lipinski definition) is 5. The molecule has 0 aliphatic carbocycles. The third-order valence-corrected chi connectivity index (χ3v) is 3.96. The fourth-order valence-electron chi connectivity index (χ4n) is 2.70. The van der Waals surface area contributed by atoms with Crippen molar-refractivity contribution >= 4 is 12.0 Å². The molecule has 9 heteroatoms. The first kappa shape index (κ1) is 14.4. The van der Waals surface area contributed by atoms with E-state index >= 15 is 0 Å². The molecule has 0 spiro atoms. The topological polar surface area (TPSA) is 105 Å². The van der Waals surface area contributed by atoms with Crippen LogP contribution in [0.25, 0.3) is 0 Å². The third-order valence-electron chi connectivity index (χ3n) is 3.96. The molecule has 1 atom stereocenters. The van der Waals surface area contributed by atoms with Crippen molar-refractivity contribution in [2.45, 2.75) is 19.5 Å². The lowest BCUT2D eigenvalue weighted by molar-refractivity contribution is -0.134. The summed E-state index contributed by atoms with van der Waals surface area (Å²) in [4.78, 5) is 52.1. The average Bonchev–Trinajstić information content (AvgIpc) is 2.85. The van der Waals surface area contributed by atoms with Gasteiger partial charge in [-0.15, -0.1) is 0 Å². The number of carbonyl (C=O) groups excluding carboxylic acids is 2. The van der Waals surface area contributed by atoms with Gasteiger partial charge in [-0.1, -0.05) is 0 Å². The number of fused-ring (bicyclic) bond motifs is 1. The normalized spacial score (nSPS) is 20.8. The highest BCUT2D eigenvalue weighted by molar-refractivity contribution is 5.77. The molecule has 0 bridgehead atoms. The van der Waals surface area contributed by atoms with Crippen LogP contribution >= 0.6 is 0 Å². The summed E-state index contributed by atoms with van der Waals surface area (Å²) in [7, 11) is 0. The zero-order valence-corrected chi connectivity index (χ0v) is 12.1. The van der Waals surface area contributed by atoms with Gasteiger partial charge in [0.25, 0.3) is 5.56 Å². The van der Waals surface area contributed by atoms with E-state index in [1.165, 1.54) is 10.8 Å². The number of carbonyl (C=O) groups is 2. The molecule has 1 aromatic heterocycles. The predicted molar refractivity (Wildman–Crippen MR) is 74.5 cm³/mol. The maximum Gasteiger partial charge on any atom is 0.410 e. The van der Waals surface area contributed by atoms with Crippen LogP contribution in [0.3, 0.4) is 0 Å². The standard InChI is InChI=1S/C13H16N4O5/c1-8-4-16(12(20)14-11(8)19)6-10(18)15-2-3-17-9(5-15)7-22-13(17)21/h4,9H,2-3,5-7H2,1H3,(H,14,19,20). The van der Waals surface area contributed by atoms with Crippen LogP contribution in [0.2, 0.25) is 0 Å². The minimum absolute atomic E-state index is 0.126. The van der Waals surface area contributed by atoms with Crippen molar-refractivity contribution in [1.82, 2.24) is 19.4 Å². The number of hydrogen-bond donors (Lipinski definition) is 1. The van der Waals surface area contributed by atoms with Crippen LogP contribution in [0.1, 0.15) is 5.56 Å². The van der Waals surface area contributed by atoms with E-state index in [1.807, 2.05) is 0 Å². The minimum Gasteiger partial charge on any atom is -0.447 e. The SMILES string of the molecule is Cc1cn(CC(=O)N2CCN3C(=O)OCC3C2)c(=O)[nH]c1=O. The Kier molecular flexibility index (Phi) is 3.47. The molecule has 2 fully saturated rings. The highest BCUT2D eigenvalue weighted by Crippen LogP contribution is 2.17. The van der Waals surface area contributed by atoms with Crippen molar-refractivity contribution in [2.24, 2.45) is 0 Å². The molecular weight excluding hydrogens is 292 g/mol. The van der Waals surface area contributed by atoms with Crippen molar-refractivity contribution in [3.8, 4) is 0 Å². The van der Waals surface area contributed by atoms with Crippen LogP contribution in [-0.2, 0) is 16.1 Å². The number of rotatable bonds is 2. The number of amides is 2. The Hall–Kier alpha value is -2.58. The van der Waals surface area contributed by atoms with Gasteiger partial charge < -0.3 is 9.64 Å². The van der Waals surface area contributed by atoms with E-state index in [2.05, 4.69) is 4.98 Å². The molecule has 0 radical (unpaired) electrons. The van der Waals surface area contributed by atoms with Crippen LogP contribution < -0.4 is 11.2 Å². The summed E-state index contributed by atoms with van der Waals surface area (Å²) >= 11 is 0. The summed E-state index contributed by atoms with van der Waals surface area (Å²) in [5.74, 6) is -0.229. The average molecular weight is 308 g/mol. The lowest BCUT2D eigenvalue weighted by Crippen LogP contribution is -2.54. The van der Waals surface area contributed by atoms with Crippen molar-refractivity contribution in [3.05, 3.63) is 32.6 Å². The number of aromatic amines is 1. The molecule has 2 saturated heterocycles. The van der Waals surface area contributed by atoms with Crippen molar-refractivity contribution in [1.29, 1.82) is 0 Å². The number of piperazine rings is 1. The minimum atomic E-state index is -0.609. The first-order chi connectivity index (χ1) is 10.5. The number of cyclic esters (lactones) is 1. The lowest BCUT2D eigenvalue weighted by Gasteiger charge is -2.35. The van der Waals surface area contributed by atoms with Gasteiger partial charge in [0, 0.05) is 31.4 Å². The van der Waals surface area contributed by atoms with Crippen LogP contribution in [0.5, 0.6) is 0 Å². The Labute approximate surface area is 125 Å². The monoisotopic (exact) mass is 308 g/mol. The van der Waals surface area contributed by atoms with Crippen molar-refractivity contribution in [2.75, 3.05) is 26.2 Å². The fourth-order valence-corrected chi connectivity index (χ4v) is 2.70. The fraction of sp³-hybridized carbons (Fsp3) is 0.538. The van der Waals surface area contributed by atoms with E-state index in [0.717, 1.165) is 0 Å². The van der Waals surface area contributed by atoms with Crippen molar-refractivity contribution in [3.63, 3.8) is 0 Å². The van der Waals surface area contributed by atoms with E-state index in [4.69, 9.17) is 4.74 Å². The van der Waals surface area contributed by atoms with Gasteiger partial charge in [-0.2, -0.15) is 0 Å². The zero-order chi connectivity index (χ0) is 15.9. The number of aromatic nitrogens is 2. The molecule has 118 valence electrons. The summed E-state index contributed by atoms with van der Waals surface area (Å²) in [6.45, 7) is 2.93. The summed E-state index contributed by atoms with van der Waals surface area (Å²) in [5, 5.41) is 0. The van der Waals surface area contributed by atoms with E-state index < -0.39 is 11.2 Å². The highest BCUT2D eigenvalue weighted by Gasteiger charge is 2.38. The molecule has 1 N–H and O–H groups in total. The molecule has 2 aliphatic rings. The molecule has 9 nitrogen and oxygen atoms in total.